The van der Waals surface area contributed by atoms with E-state index in [-0.39, 0.29) is 17.2 Å². The fraction of sp³-hybridized carbons (Fsp3) is 0.0667. The number of benzene rings is 2. The van der Waals surface area contributed by atoms with Crippen LogP contribution in [0.15, 0.2) is 40.9 Å². The lowest BCUT2D eigenvalue weighted by Crippen LogP contribution is -2.16. The van der Waals surface area contributed by atoms with Crippen molar-refractivity contribution in [1.82, 2.24) is 0 Å². The molecular weight excluding hydrogens is 449 g/mol. The second kappa shape index (κ2) is 6.57. The fourth-order valence-electron chi connectivity index (χ4n) is 1.83. The maximum absolute atomic E-state index is 12.3. The standard InChI is InChI=1S/C15H11BrINO3/c1-8-2-3-9(16)6-11(8)14(19)18-13-5-4-10(17)7-12(13)15(20)21/h2-7H,1H3,(H,18,19)(H,20,21). The first kappa shape index (κ1) is 16.0. The number of anilines is 1. The summed E-state index contributed by atoms with van der Waals surface area (Å²) in [5.74, 6) is -1.41. The summed E-state index contributed by atoms with van der Waals surface area (Å²) in [6.07, 6.45) is 0. The Bertz CT molecular complexity index is 731. The topological polar surface area (TPSA) is 66.4 Å². The lowest BCUT2D eigenvalue weighted by molar-refractivity contribution is 0.0698. The Kier molecular flexibility index (Phi) is 5.00. The predicted octanol–water partition coefficient (Wildman–Crippen LogP) is 4.31. The Morgan fingerprint density at radius 1 is 1.14 bits per heavy atom. The summed E-state index contributed by atoms with van der Waals surface area (Å²) in [5.41, 5.74) is 1.67. The van der Waals surface area contributed by atoms with Gasteiger partial charge in [-0.1, -0.05) is 22.0 Å². The van der Waals surface area contributed by atoms with E-state index in [0.717, 1.165) is 13.6 Å². The third-order valence-electron chi connectivity index (χ3n) is 2.90. The van der Waals surface area contributed by atoms with Crippen molar-refractivity contribution in [3.05, 3.63) is 61.1 Å². The van der Waals surface area contributed by atoms with Gasteiger partial charge in [0.15, 0.2) is 0 Å². The second-order valence-corrected chi connectivity index (χ2v) is 6.57. The van der Waals surface area contributed by atoms with Gasteiger partial charge in [-0.25, -0.2) is 4.79 Å². The highest BCUT2D eigenvalue weighted by molar-refractivity contribution is 14.1. The number of halogens is 2. The van der Waals surface area contributed by atoms with Gasteiger partial charge in [-0.05, 0) is 65.4 Å². The Balaban J connectivity index is 2.36. The Morgan fingerprint density at radius 3 is 2.52 bits per heavy atom. The number of nitrogens with one attached hydrogen (secondary N) is 1. The molecule has 1 amide bonds. The molecule has 0 aliphatic carbocycles. The van der Waals surface area contributed by atoms with E-state index in [4.69, 9.17) is 0 Å². The van der Waals surface area contributed by atoms with Crippen molar-refractivity contribution in [3.8, 4) is 0 Å². The summed E-state index contributed by atoms with van der Waals surface area (Å²) in [6, 6.07) is 10.2. The number of carbonyl (C=O) groups is 2. The van der Waals surface area contributed by atoms with Gasteiger partial charge in [-0.2, -0.15) is 0 Å². The molecule has 108 valence electrons. The van der Waals surface area contributed by atoms with Crippen LogP contribution in [0.25, 0.3) is 0 Å². The zero-order valence-electron chi connectivity index (χ0n) is 11.0. The van der Waals surface area contributed by atoms with Crippen molar-refractivity contribution in [2.45, 2.75) is 6.92 Å². The fourth-order valence-corrected chi connectivity index (χ4v) is 2.68. The van der Waals surface area contributed by atoms with Gasteiger partial charge in [0.1, 0.15) is 0 Å². The first-order valence-electron chi connectivity index (χ1n) is 5.99. The van der Waals surface area contributed by atoms with Gasteiger partial charge in [0, 0.05) is 13.6 Å². The molecule has 0 spiro atoms. The van der Waals surface area contributed by atoms with E-state index in [2.05, 4.69) is 21.2 Å². The molecule has 0 heterocycles. The molecule has 0 atom stereocenters. The number of carbonyl (C=O) groups excluding carboxylic acids is 1. The van der Waals surface area contributed by atoms with Gasteiger partial charge < -0.3 is 10.4 Å². The number of rotatable bonds is 3. The molecule has 2 N–H and O–H groups in total. The minimum absolute atomic E-state index is 0.0721. The van der Waals surface area contributed by atoms with Crippen molar-refractivity contribution in [1.29, 1.82) is 0 Å². The number of aromatic carboxylic acids is 1. The van der Waals surface area contributed by atoms with Crippen LogP contribution in [-0.2, 0) is 0 Å². The van der Waals surface area contributed by atoms with Crippen molar-refractivity contribution in [2.75, 3.05) is 5.32 Å². The van der Waals surface area contributed by atoms with Gasteiger partial charge in [-0.15, -0.1) is 0 Å². The van der Waals surface area contributed by atoms with E-state index in [1.165, 1.54) is 6.07 Å². The van der Waals surface area contributed by atoms with E-state index >= 15 is 0 Å². The minimum Gasteiger partial charge on any atom is -0.478 e. The number of hydrogen-bond acceptors (Lipinski definition) is 2. The van der Waals surface area contributed by atoms with Crippen LogP contribution >= 0.6 is 38.5 Å². The van der Waals surface area contributed by atoms with Gasteiger partial charge in [-0.3, -0.25) is 4.79 Å². The van der Waals surface area contributed by atoms with Crippen LogP contribution in [0.5, 0.6) is 0 Å². The predicted molar refractivity (Wildman–Crippen MR) is 93.0 cm³/mol. The molecule has 4 nitrogen and oxygen atoms in total. The molecule has 0 saturated heterocycles. The van der Waals surface area contributed by atoms with Crippen molar-refractivity contribution < 1.29 is 14.7 Å². The van der Waals surface area contributed by atoms with Gasteiger partial charge >= 0.3 is 5.97 Å². The highest BCUT2D eigenvalue weighted by Gasteiger charge is 2.15. The Morgan fingerprint density at radius 2 is 1.86 bits per heavy atom. The number of amides is 1. The SMILES string of the molecule is Cc1ccc(Br)cc1C(=O)Nc1ccc(I)cc1C(=O)O. The summed E-state index contributed by atoms with van der Waals surface area (Å²) in [6.45, 7) is 1.83. The van der Waals surface area contributed by atoms with Gasteiger partial charge in [0.05, 0.1) is 11.3 Å². The third-order valence-corrected chi connectivity index (χ3v) is 4.07. The molecule has 0 aliphatic heterocycles. The molecule has 0 aromatic heterocycles. The molecular formula is C15H11BrINO3. The molecule has 21 heavy (non-hydrogen) atoms. The van der Waals surface area contributed by atoms with Crippen molar-refractivity contribution >= 4 is 56.1 Å². The van der Waals surface area contributed by atoms with E-state index < -0.39 is 5.97 Å². The van der Waals surface area contributed by atoms with Crippen LogP contribution in [0.2, 0.25) is 0 Å². The smallest absolute Gasteiger partial charge is 0.337 e. The Hall–Kier alpha value is -1.41. The summed E-state index contributed by atoms with van der Waals surface area (Å²) >= 11 is 5.35. The van der Waals surface area contributed by atoms with E-state index in [9.17, 15) is 14.7 Å². The summed E-state index contributed by atoms with van der Waals surface area (Å²) < 4.78 is 1.58. The molecule has 0 unspecified atom stereocenters. The van der Waals surface area contributed by atoms with Crippen LogP contribution in [0.1, 0.15) is 26.3 Å². The molecule has 2 rings (SSSR count). The zero-order chi connectivity index (χ0) is 15.6. The number of aryl methyl sites for hydroxylation is 1. The van der Waals surface area contributed by atoms with Crippen molar-refractivity contribution in [3.63, 3.8) is 0 Å². The van der Waals surface area contributed by atoms with E-state index in [1.807, 2.05) is 41.6 Å². The second-order valence-electron chi connectivity index (χ2n) is 4.41. The zero-order valence-corrected chi connectivity index (χ0v) is 14.7. The molecule has 6 heteroatoms. The molecule has 2 aromatic rings. The molecule has 0 bridgehead atoms. The highest BCUT2D eigenvalue weighted by atomic mass is 127. The lowest BCUT2D eigenvalue weighted by atomic mass is 10.1. The van der Waals surface area contributed by atoms with Crippen LogP contribution < -0.4 is 5.32 Å². The summed E-state index contributed by atoms with van der Waals surface area (Å²) in [5, 5.41) is 11.9. The van der Waals surface area contributed by atoms with Crippen LogP contribution in [0, 0.1) is 10.5 Å². The average molecular weight is 460 g/mol. The third kappa shape index (κ3) is 3.82. The first-order valence-corrected chi connectivity index (χ1v) is 7.86. The normalized spacial score (nSPS) is 10.2. The number of carboxylic acid groups (broad SMARTS) is 1. The maximum Gasteiger partial charge on any atom is 0.337 e. The minimum atomic E-state index is -1.07. The van der Waals surface area contributed by atoms with E-state index in [1.54, 1.807) is 18.2 Å². The van der Waals surface area contributed by atoms with Crippen LogP contribution in [-0.4, -0.2) is 17.0 Å². The van der Waals surface area contributed by atoms with Crippen LogP contribution in [0.3, 0.4) is 0 Å². The van der Waals surface area contributed by atoms with Crippen molar-refractivity contribution in [2.24, 2.45) is 0 Å². The molecule has 0 saturated carbocycles. The lowest BCUT2D eigenvalue weighted by Gasteiger charge is -2.11. The largest absolute Gasteiger partial charge is 0.478 e. The number of hydrogen-bond donors (Lipinski definition) is 2. The van der Waals surface area contributed by atoms with E-state index in [0.29, 0.717) is 5.56 Å². The monoisotopic (exact) mass is 459 g/mol. The highest BCUT2D eigenvalue weighted by Crippen LogP contribution is 2.22. The maximum atomic E-state index is 12.3. The Labute approximate surface area is 143 Å². The summed E-state index contributed by atoms with van der Waals surface area (Å²) in [7, 11) is 0. The molecule has 0 fully saturated rings. The van der Waals surface area contributed by atoms with Gasteiger partial charge in [0.25, 0.3) is 5.91 Å². The number of carboxylic acids is 1. The summed E-state index contributed by atoms with van der Waals surface area (Å²) in [4.78, 5) is 23.6. The molecule has 0 radical (unpaired) electrons. The first-order chi connectivity index (χ1) is 9.88. The molecule has 0 aliphatic rings. The quantitative estimate of drug-likeness (QED) is 0.672. The van der Waals surface area contributed by atoms with Crippen LogP contribution in [0.4, 0.5) is 5.69 Å². The molecule has 2 aromatic carbocycles. The van der Waals surface area contributed by atoms with Gasteiger partial charge in [0.2, 0.25) is 0 Å². The average Bonchev–Trinajstić information content (AvgIpc) is 2.43.